The molecule has 10 heteroatoms. The van der Waals surface area contributed by atoms with Gasteiger partial charge in [-0.25, -0.2) is 13.2 Å². The summed E-state index contributed by atoms with van der Waals surface area (Å²) in [6.07, 6.45) is 1.06. The van der Waals surface area contributed by atoms with E-state index in [9.17, 15) is 27.2 Å². The lowest BCUT2D eigenvalue weighted by Crippen LogP contribution is -2.26. The smallest absolute Gasteiger partial charge is 0.286 e. The molecular weight excluding hydrogens is 410 g/mol. The van der Waals surface area contributed by atoms with Crippen molar-refractivity contribution in [2.24, 2.45) is 0 Å². The van der Waals surface area contributed by atoms with Crippen molar-refractivity contribution in [2.45, 2.75) is 13.0 Å². The number of anilines is 1. The molecule has 0 aliphatic heterocycles. The fourth-order valence-corrected chi connectivity index (χ4v) is 3.02. The van der Waals surface area contributed by atoms with Crippen molar-refractivity contribution in [3.63, 3.8) is 0 Å². The van der Waals surface area contributed by atoms with E-state index in [4.69, 9.17) is 0 Å². The summed E-state index contributed by atoms with van der Waals surface area (Å²) in [6.45, 7) is -1.03. The number of amides is 1. The Hall–Kier alpha value is -3.45. The van der Waals surface area contributed by atoms with Crippen molar-refractivity contribution in [2.75, 3.05) is 5.32 Å². The molecule has 0 aliphatic carbocycles. The van der Waals surface area contributed by atoms with Gasteiger partial charge >= 0.3 is 0 Å². The van der Waals surface area contributed by atoms with E-state index in [1.165, 1.54) is 18.5 Å². The average molecular weight is 421 g/mol. The third-order valence-corrected chi connectivity index (χ3v) is 4.49. The molecule has 3 aromatic heterocycles. The molecule has 148 valence electrons. The maximum Gasteiger partial charge on any atom is 0.286 e. The van der Waals surface area contributed by atoms with Gasteiger partial charge in [0.15, 0.2) is 10.9 Å². The van der Waals surface area contributed by atoms with E-state index in [1.807, 2.05) is 0 Å². The highest BCUT2D eigenvalue weighted by atomic mass is 32.1. The monoisotopic (exact) mass is 421 g/mol. The van der Waals surface area contributed by atoms with Crippen molar-refractivity contribution in [3.05, 3.63) is 80.2 Å². The SMILES string of the molecule is O=C(Nc1cc(F)c(=O)n(CC(F)F)c1)c1cc(C#Cc2ccncc2)c(F)s1. The van der Waals surface area contributed by atoms with Gasteiger partial charge in [-0.2, -0.15) is 4.39 Å². The summed E-state index contributed by atoms with van der Waals surface area (Å²) in [4.78, 5) is 27.6. The molecule has 0 atom stereocenters. The maximum absolute atomic E-state index is 14.1. The Morgan fingerprint density at radius 2 is 1.93 bits per heavy atom. The fraction of sp³-hybridized carbons (Fsp3) is 0.105. The Balaban J connectivity index is 1.81. The quantitative estimate of drug-likeness (QED) is 0.518. The molecule has 3 rings (SSSR count). The Kier molecular flexibility index (Phi) is 6.09. The molecule has 1 amide bonds. The fourth-order valence-electron chi connectivity index (χ4n) is 2.29. The van der Waals surface area contributed by atoms with Crippen LogP contribution in [0.3, 0.4) is 0 Å². The van der Waals surface area contributed by atoms with Crippen molar-refractivity contribution < 1.29 is 22.4 Å². The number of hydrogen-bond donors (Lipinski definition) is 1. The van der Waals surface area contributed by atoms with Crippen molar-refractivity contribution in [1.29, 1.82) is 0 Å². The Bertz CT molecular complexity index is 1160. The average Bonchev–Trinajstić information content (AvgIpc) is 3.05. The number of alkyl halides is 2. The number of carbonyl (C=O) groups is 1. The first-order valence-corrected chi connectivity index (χ1v) is 8.86. The lowest BCUT2D eigenvalue weighted by atomic mass is 10.2. The van der Waals surface area contributed by atoms with Gasteiger partial charge in [0.2, 0.25) is 0 Å². The van der Waals surface area contributed by atoms with Crippen LogP contribution in [0.25, 0.3) is 0 Å². The molecule has 1 N–H and O–H groups in total. The number of halogens is 4. The molecular formula is C19H11F4N3O2S. The molecule has 0 aromatic carbocycles. The number of hydrogen-bond acceptors (Lipinski definition) is 4. The van der Waals surface area contributed by atoms with Gasteiger partial charge in [-0.3, -0.25) is 14.6 Å². The second-order valence-corrected chi connectivity index (χ2v) is 6.67. The molecule has 0 aliphatic rings. The molecule has 0 bridgehead atoms. The van der Waals surface area contributed by atoms with E-state index in [1.54, 1.807) is 12.1 Å². The Morgan fingerprint density at radius 1 is 1.21 bits per heavy atom. The summed E-state index contributed by atoms with van der Waals surface area (Å²) in [7, 11) is 0. The molecule has 0 saturated carbocycles. The van der Waals surface area contributed by atoms with Crippen LogP contribution in [0.5, 0.6) is 0 Å². The summed E-state index contributed by atoms with van der Waals surface area (Å²) in [6, 6.07) is 5.19. The Morgan fingerprint density at radius 3 is 2.62 bits per heavy atom. The molecule has 3 heterocycles. The first-order valence-electron chi connectivity index (χ1n) is 8.04. The summed E-state index contributed by atoms with van der Waals surface area (Å²) in [5, 5.41) is 1.57. The van der Waals surface area contributed by atoms with Crippen LogP contribution in [0.1, 0.15) is 20.8 Å². The zero-order valence-electron chi connectivity index (χ0n) is 14.5. The molecule has 5 nitrogen and oxygen atoms in total. The van der Waals surface area contributed by atoms with Crippen LogP contribution >= 0.6 is 11.3 Å². The highest BCUT2D eigenvalue weighted by Crippen LogP contribution is 2.21. The van der Waals surface area contributed by atoms with Crippen molar-refractivity contribution >= 4 is 22.9 Å². The Labute approximate surface area is 165 Å². The number of nitrogens with zero attached hydrogens (tertiary/aromatic N) is 2. The van der Waals surface area contributed by atoms with E-state index in [0.29, 0.717) is 27.5 Å². The lowest BCUT2D eigenvalue weighted by molar-refractivity contribution is 0.103. The molecule has 0 saturated heterocycles. The minimum Gasteiger partial charge on any atom is -0.320 e. The van der Waals surface area contributed by atoms with Crippen molar-refractivity contribution in [1.82, 2.24) is 9.55 Å². The largest absolute Gasteiger partial charge is 0.320 e. The highest BCUT2D eigenvalue weighted by Gasteiger charge is 2.16. The van der Waals surface area contributed by atoms with Crippen LogP contribution in [0.2, 0.25) is 0 Å². The number of nitrogens with one attached hydrogen (secondary N) is 1. The van der Waals surface area contributed by atoms with Gasteiger partial charge in [0.1, 0.15) is 0 Å². The third-order valence-electron chi connectivity index (χ3n) is 3.57. The van der Waals surface area contributed by atoms with Gasteiger partial charge in [0, 0.05) is 30.2 Å². The number of thiophene rings is 1. The molecule has 3 aromatic rings. The number of aromatic nitrogens is 2. The van der Waals surface area contributed by atoms with Crippen LogP contribution in [0, 0.1) is 22.8 Å². The number of carbonyl (C=O) groups excluding carboxylic acids is 1. The van der Waals surface area contributed by atoms with Crippen molar-refractivity contribution in [3.8, 4) is 11.8 Å². The maximum atomic E-state index is 14.1. The molecule has 0 radical (unpaired) electrons. The lowest BCUT2D eigenvalue weighted by Gasteiger charge is -2.09. The topological polar surface area (TPSA) is 64.0 Å². The summed E-state index contributed by atoms with van der Waals surface area (Å²) in [5.41, 5.74) is -0.857. The zero-order chi connectivity index (χ0) is 21.0. The first kappa shape index (κ1) is 20.3. The standard InChI is InChI=1S/C19H11F4N3O2S/c20-14-8-13(9-26(19(14)28)10-16(21)22)25-18(27)15-7-12(17(23)29-15)2-1-11-3-5-24-6-4-11/h3-9,16H,10H2,(H,25,27). The van der Waals surface area contributed by atoms with E-state index in [0.717, 1.165) is 6.20 Å². The van der Waals surface area contributed by atoms with Crippen LogP contribution in [0.15, 0.2) is 47.7 Å². The van der Waals surface area contributed by atoms with Gasteiger partial charge in [0.05, 0.1) is 22.7 Å². The van der Waals surface area contributed by atoms with Gasteiger partial charge < -0.3 is 9.88 Å². The van der Waals surface area contributed by atoms with E-state index < -0.39 is 35.4 Å². The first-order chi connectivity index (χ1) is 13.8. The predicted octanol–water partition coefficient (Wildman–Crippen LogP) is 3.50. The minimum atomic E-state index is -2.88. The molecule has 0 spiro atoms. The van der Waals surface area contributed by atoms with Crippen LogP contribution in [-0.2, 0) is 6.54 Å². The molecule has 0 fully saturated rings. The minimum absolute atomic E-state index is 0.00851. The molecule has 0 unspecified atom stereocenters. The van der Waals surface area contributed by atoms with Crippen LogP contribution in [-0.4, -0.2) is 21.9 Å². The zero-order valence-corrected chi connectivity index (χ0v) is 15.3. The summed E-state index contributed by atoms with van der Waals surface area (Å²) < 4.78 is 53.2. The van der Waals surface area contributed by atoms with Gasteiger partial charge in [0.25, 0.3) is 17.9 Å². The van der Waals surface area contributed by atoms with E-state index in [2.05, 4.69) is 22.1 Å². The van der Waals surface area contributed by atoms with E-state index >= 15 is 0 Å². The van der Waals surface area contributed by atoms with Crippen LogP contribution < -0.4 is 10.9 Å². The second-order valence-electron chi connectivity index (χ2n) is 5.66. The van der Waals surface area contributed by atoms with Gasteiger partial charge in [-0.05, 0) is 18.2 Å². The van der Waals surface area contributed by atoms with E-state index in [-0.39, 0.29) is 16.1 Å². The second kappa shape index (κ2) is 8.70. The van der Waals surface area contributed by atoms with Gasteiger partial charge in [-0.1, -0.05) is 23.2 Å². The number of rotatable bonds is 4. The normalized spacial score (nSPS) is 10.5. The van der Waals surface area contributed by atoms with Crippen LogP contribution in [0.4, 0.5) is 23.2 Å². The van der Waals surface area contributed by atoms with Gasteiger partial charge in [-0.15, -0.1) is 0 Å². The highest BCUT2D eigenvalue weighted by molar-refractivity contribution is 7.12. The summed E-state index contributed by atoms with van der Waals surface area (Å²) >= 11 is 0.523. The molecule has 29 heavy (non-hydrogen) atoms. The third kappa shape index (κ3) is 5.08. The predicted molar refractivity (Wildman–Crippen MR) is 99.1 cm³/mol. The number of pyridine rings is 2. The summed E-state index contributed by atoms with van der Waals surface area (Å²) in [5.74, 6) is 3.23.